The lowest BCUT2D eigenvalue weighted by Gasteiger charge is -2.35. The molecular formula is C15H17BrN6O2. The number of hydrazone groups is 1. The van der Waals surface area contributed by atoms with Gasteiger partial charge in [0, 0.05) is 18.1 Å². The lowest BCUT2D eigenvalue weighted by atomic mass is 10.1. The summed E-state index contributed by atoms with van der Waals surface area (Å²) in [6, 6.07) is 6.70. The maximum absolute atomic E-state index is 12.1. The van der Waals surface area contributed by atoms with E-state index in [2.05, 4.69) is 36.8 Å². The second-order valence-electron chi connectivity index (χ2n) is 5.42. The summed E-state index contributed by atoms with van der Waals surface area (Å²) in [5.41, 5.74) is 3.80. The SMILES string of the molecule is CCN1C(N/N=C/c2ccc(Br)cc2)=NC2C1C(=O)NC(=O)N2C. The third-order valence-corrected chi connectivity index (χ3v) is 4.48. The maximum Gasteiger partial charge on any atom is 0.325 e. The average Bonchev–Trinajstić information content (AvgIpc) is 2.94. The van der Waals surface area contributed by atoms with E-state index in [-0.39, 0.29) is 5.91 Å². The molecule has 1 aromatic carbocycles. The number of amides is 3. The van der Waals surface area contributed by atoms with Crippen molar-refractivity contribution in [3.8, 4) is 0 Å². The predicted molar refractivity (Wildman–Crippen MR) is 93.6 cm³/mol. The molecule has 2 atom stereocenters. The van der Waals surface area contributed by atoms with E-state index in [1.54, 1.807) is 18.2 Å². The standard InChI is InChI=1S/C15H17BrN6O2/c1-3-22-11-12(21(2)15(24)19-13(11)23)18-14(22)20-17-8-9-4-6-10(16)7-5-9/h4-8,11-12H,3H2,1-2H3,(H,18,20)(H,19,23,24)/b17-8+. The van der Waals surface area contributed by atoms with Crippen molar-refractivity contribution >= 4 is 40.0 Å². The van der Waals surface area contributed by atoms with Crippen LogP contribution in [0.5, 0.6) is 0 Å². The minimum absolute atomic E-state index is 0.345. The molecule has 8 nitrogen and oxygen atoms in total. The van der Waals surface area contributed by atoms with Gasteiger partial charge < -0.3 is 9.80 Å². The molecule has 1 fully saturated rings. The summed E-state index contributed by atoms with van der Waals surface area (Å²) >= 11 is 3.38. The Morgan fingerprint density at radius 3 is 2.75 bits per heavy atom. The molecule has 2 unspecified atom stereocenters. The zero-order valence-corrected chi connectivity index (χ0v) is 14.8. The van der Waals surface area contributed by atoms with Crippen LogP contribution in [0.15, 0.2) is 38.8 Å². The van der Waals surface area contributed by atoms with Crippen molar-refractivity contribution < 1.29 is 9.59 Å². The Hall–Kier alpha value is -2.42. The summed E-state index contributed by atoms with van der Waals surface area (Å²) in [6.45, 7) is 2.48. The predicted octanol–water partition coefficient (Wildman–Crippen LogP) is 0.940. The van der Waals surface area contributed by atoms with Gasteiger partial charge in [-0.2, -0.15) is 5.10 Å². The van der Waals surface area contributed by atoms with E-state index in [0.717, 1.165) is 10.0 Å². The molecular weight excluding hydrogens is 376 g/mol. The van der Waals surface area contributed by atoms with Crippen molar-refractivity contribution in [1.29, 1.82) is 0 Å². The van der Waals surface area contributed by atoms with Crippen LogP contribution in [0.2, 0.25) is 0 Å². The van der Waals surface area contributed by atoms with E-state index in [1.165, 1.54) is 4.90 Å². The van der Waals surface area contributed by atoms with Crippen LogP contribution in [0, 0.1) is 0 Å². The average molecular weight is 393 g/mol. The van der Waals surface area contributed by atoms with E-state index < -0.39 is 18.2 Å². The first-order valence-electron chi connectivity index (χ1n) is 7.48. The second kappa shape index (κ2) is 6.60. The van der Waals surface area contributed by atoms with Gasteiger partial charge >= 0.3 is 6.03 Å². The molecule has 2 heterocycles. The Morgan fingerprint density at radius 2 is 2.08 bits per heavy atom. The van der Waals surface area contributed by atoms with Crippen molar-refractivity contribution in [2.75, 3.05) is 13.6 Å². The van der Waals surface area contributed by atoms with Crippen molar-refractivity contribution in [2.45, 2.75) is 19.1 Å². The Bertz CT molecular complexity index is 717. The first-order valence-corrected chi connectivity index (χ1v) is 8.27. The number of carbonyl (C=O) groups is 2. The number of imide groups is 1. The molecule has 3 amide bonds. The summed E-state index contributed by atoms with van der Waals surface area (Å²) < 4.78 is 0.993. The van der Waals surface area contributed by atoms with Crippen molar-refractivity contribution in [3.05, 3.63) is 34.3 Å². The van der Waals surface area contributed by atoms with Gasteiger partial charge in [0.15, 0.2) is 12.2 Å². The molecule has 0 bridgehead atoms. The number of nitrogens with one attached hydrogen (secondary N) is 2. The number of aliphatic imine (C=N–C) groups is 1. The maximum atomic E-state index is 12.1. The Balaban J connectivity index is 1.76. The van der Waals surface area contributed by atoms with E-state index in [1.807, 2.05) is 31.2 Å². The largest absolute Gasteiger partial charge is 0.326 e. The number of likely N-dealkylation sites (N-methyl/N-ethyl adjacent to an activating group) is 2. The third-order valence-electron chi connectivity index (χ3n) is 3.95. The number of halogens is 1. The van der Waals surface area contributed by atoms with Gasteiger partial charge in [-0.15, -0.1) is 0 Å². The first kappa shape index (κ1) is 16.4. The molecule has 24 heavy (non-hydrogen) atoms. The summed E-state index contributed by atoms with van der Waals surface area (Å²) in [4.78, 5) is 31.5. The minimum atomic E-state index is -0.545. The number of fused-ring (bicyclic) bond motifs is 1. The third kappa shape index (κ3) is 2.99. The van der Waals surface area contributed by atoms with Crippen LogP contribution < -0.4 is 10.7 Å². The van der Waals surface area contributed by atoms with Crippen LogP contribution in [0.25, 0.3) is 0 Å². The molecule has 9 heteroatoms. The monoisotopic (exact) mass is 392 g/mol. The number of rotatable bonds is 3. The smallest absolute Gasteiger partial charge is 0.325 e. The van der Waals surface area contributed by atoms with Gasteiger partial charge in [0.25, 0.3) is 5.91 Å². The fraction of sp³-hybridized carbons (Fsp3) is 0.333. The highest BCUT2D eigenvalue weighted by molar-refractivity contribution is 9.10. The van der Waals surface area contributed by atoms with Crippen LogP contribution >= 0.6 is 15.9 Å². The quantitative estimate of drug-likeness (QED) is 0.591. The van der Waals surface area contributed by atoms with Gasteiger partial charge in [0.05, 0.1) is 6.21 Å². The summed E-state index contributed by atoms with van der Waals surface area (Å²) in [5, 5.41) is 6.52. The van der Waals surface area contributed by atoms with Crippen LogP contribution in [0.1, 0.15) is 12.5 Å². The van der Waals surface area contributed by atoms with E-state index in [4.69, 9.17) is 0 Å². The Morgan fingerprint density at radius 1 is 1.38 bits per heavy atom. The molecule has 126 valence electrons. The number of carbonyl (C=O) groups excluding carboxylic acids is 2. The van der Waals surface area contributed by atoms with Gasteiger partial charge in [-0.25, -0.2) is 15.2 Å². The molecule has 0 aliphatic carbocycles. The Labute approximate surface area is 147 Å². The van der Waals surface area contributed by atoms with Crippen LogP contribution in [0.4, 0.5) is 4.79 Å². The molecule has 2 aliphatic heterocycles. The number of hydrogen-bond donors (Lipinski definition) is 2. The number of benzene rings is 1. The molecule has 3 rings (SSSR count). The molecule has 0 radical (unpaired) electrons. The van der Waals surface area contributed by atoms with Crippen molar-refractivity contribution in [1.82, 2.24) is 20.5 Å². The van der Waals surface area contributed by atoms with Crippen molar-refractivity contribution in [3.63, 3.8) is 0 Å². The van der Waals surface area contributed by atoms with Gasteiger partial charge in [0.2, 0.25) is 5.96 Å². The van der Waals surface area contributed by atoms with Crippen LogP contribution in [-0.4, -0.2) is 59.7 Å². The summed E-state index contributed by atoms with van der Waals surface area (Å²) in [7, 11) is 1.62. The highest BCUT2D eigenvalue weighted by Crippen LogP contribution is 2.22. The molecule has 0 saturated carbocycles. The van der Waals surface area contributed by atoms with Gasteiger partial charge in [0.1, 0.15) is 0 Å². The zero-order valence-electron chi connectivity index (χ0n) is 13.2. The fourth-order valence-electron chi connectivity index (χ4n) is 2.68. The molecule has 2 aliphatic rings. The van der Waals surface area contributed by atoms with Crippen LogP contribution in [-0.2, 0) is 4.79 Å². The number of nitrogens with zero attached hydrogens (tertiary/aromatic N) is 4. The highest BCUT2D eigenvalue weighted by Gasteiger charge is 2.48. The van der Waals surface area contributed by atoms with E-state index in [0.29, 0.717) is 12.5 Å². The van der Waals surface area contributed by atoms with E-state index in [9.17, 15) is 9.59 Å². The molecule has 1 aromatic rings. The molecule has 0 spiro atoms. The molecule has 1 saturated heterocycles. The fourth-order valence-corrected chi connectivity index (χ4v) is 2.94. The summed E-state index contributed by atoms with van der Waals surface area (Å²) in [6.07, 6.45) is 1.12. The second-order valence-corrected chi connectivity index (χ2v) is 6.34. The number of urea groups is 1. The van der Waals surface area contributed by atoms with Gasteiger partial charge in [-0.05, 0) is 24.6 Å². The van der Waals surface area contributed by atoms with Gasteiger partial charge in [-0.3, -0.25) is 10.1 Å². The number of guanidine groups is 1. The lowest BCUT2D eigenvalue weighted by Crippen LogP contribution is -2.64. The first-order chi connectivity index (χ1) is 11.5. The summed E-state index contributed by atoms with van der Waals surface area (Å²) in [5.74, 6) is 0.125. The molecule has 0 aromatic heterocycles. The molecule has 2 N–H and O–H groups in total. The highest BCUT2D eigenvalue weighted by atomic mass is 79.9. The number of hydrogen-bond acceptors (Lipinski definition) is 6. The van der Waals surface area contributed by atoms with Crippen molar-refractivity contribution in [2.24, 2.45) is 10.1 Å². The van der Waals surface area contributed by atoms with Gasteiger partial charge in [-0.1, -0.05) is 28.1 Å². The lowest BCUT2D eigenvalue weighted by molar-refractivity contribution is -0.127. The topological polar surface area (TPSA) is 89.4 Å². The normalized spacial score (nSPS) is 23.4. The van der Waals surface area contributed by atoms with Crippen LogP contribution in [0.3, 0.4) is 0 Å². The zero-order chi connectivity index (χ0) is 17.3. The minimum Gasteiger partial charge on any atom is -0.326 e. The van der Waals surface area contributed by atoms with E-state index >= 15 is 0 Å². The Kier molecular flexibility index (Phi) is 4.52.